The van der Waals surface area contributed by atoms with Crippen LogP contribution in [0.1, 0.15) is 56.7 Å². The van der Waals surface area contributed by atoms with Gasteiger partial charge in [0.25, 0.3) is 0 Å². The highest BCUT2D eigenvalue weighted by Gasteiger charge is 2.26. The molecule has 4 nitrogen and oxygen atoms in total. The second-order valence-corrected chi connectivity index (χ2v) is 9.12. The molecule has 0 amide bonds. The zero-order valence-electron chi connectivity index (χ0n) is 16.5. The molecule has 5 heteroatoms. The molecule has 2 aliphatic rings. The van der Waals surface area contributed by atoms with Gasteiger partial charge in [0.2, 0.25) is 0 Å². The van der Waals surface area contributed by atoms with E-state index in [4.69, 9.17) is 0 Å². The molecule has 2 N–H and O–H groups in total. The van der Waals surface area contributed by atoms with Crippen molar-refractivity contribution in [1.82, 2.24) is 15.5 Å². The summed E-state index contributed by atoms with van der Waals surface area (Å²) in [5, 5.41) is 9.35. The van der Waals surface area contributed by atoms with Crippen molar-refractivity contribution in [1.29, 1.82) is 0 Å². The lowest BCUT2D eigenvalue weighted by Gasteiger charge is -2.39. The van der Waals surface area contributed by atoms with Gasteiger partial charge in [0.1, 0.15) is 0 Å². The first kappa shape index (κ1) is 19.7. The Labute approximate surface area is 163 Å². The zero-order chi connectivity index (χ0) is 18.2. The molecule has 1 aromatic heterocycles. The monoisotopic (exact) mass is 376 g/mol. The summed E-state index contributed by atoms with van der Waals surface area (Å²) in [6.45, 7) is 5.77. The summed E-state index contributed by atoms with van der Waals surface area (Å²) < 4.78 is 0. The first-order valence-corrected chi connectivity index (χ1v) is 11.4. The van der Waals surface area contributed by atoms with Crippen LogP contribution in [0, 0.1) is 5.92 Å². The summed E-state index contributed by atoms with van der Waals surface area (Å²) in [5.74, 6) is 1.58. The van der Waals surface area contributed by atoms with Crippen LogP contribution in [-0.2, 0) is 6.42 Å². The normalized spacial score (nSPS) is 22.3. The second-order valence-electron chi connectivity index (χ2n) is 8.09. The minimum atomic E-state index is 0.564. The Morgan fingerprint density at radius 2 is 2.00 bits per heavy atom. The summed E-state index contributed by atoms with van der Waals surface area (Å²) in [6, 6.07) is 5.79. The average molecular weight is 377 g/mol. The average Bonchev–Trinajstić information content (AvgIpc) is 3.19. The van der Waals surface area contributed by atoms with Crippen LogP contribution in [0.15, 0.2) is 22.5 Å². The van der Waals surface area contributed by atoms with E-state index >= 15 is 0 Å². The molecule has 0 radical (unpaired) electrons. The molecule has 1 saturated heterocycles. The van der Waals surface area contributed by atoms with Crippen molar-refractivity contribution in [3.8, 4) is 0 Å². The largest absolute Gasteiger partial charge is 0.356 e. The number of nitrogens with zero attached hydrogens (tertiary/aromatic N) is 2. The molecule has 0 spiro atoms. The Morgan fingerprint density at radius 3 is 2.65 bits per heavy atom. The van der Waals surface area contributed by atoms with E-state index in [0.29, 0.717) is 12.0 Å². The molecule has 1 aliphatic carbocycles. The van der Waals surface area contributed by atoms with Crippen LogP contribution in [-0.4, -0.2) is 49.6 Å². The number of guanidine groups is 1. The molecule has 1 atom stereocenters. The van der Waals surface area contributed by atoms with Crippen LogP contribution in [0.5, 0.6) is 0 Å². The van der Waals surface area contributed by atoms with E-state index in [2.05, 4.69) is 45.0 Å². The molecular weight excluding hydrogens is 340 g/mol. The first-order valence-electron chi connectivity index (χ1n) is 10.5. The maximum atomic E-state index is 4.44. The van der Waals surface area contributed by atoms with Crippen molar-refractivity contribution in [2.24, 2.45) is 10.9 Å². The highest BCUT2D eigenvalue weighted by molar-refractivity contribution is 7.09. The summed E-state index contributed by atoms with van der Waals surface area (Å²) in [4.78, 5) is 8.66. The number of piperidine rings is 1. The van der Waals surface area contributed by atoms with E-state index in [0.717, 1.165) is 25.0 Å². The molecule has 1 saturated carbocycles. The zero-order valence-corrected chi connectivity index (χ0v) is 17.4. The van der Waals surface area contributed by atoms with E-state index in [1.807, 2.05) is 18.4 Å². The Balaban J connectivity index is 1.36. The summed E-state index contributed by atoms with van der Waals surface area (Å²) in [5.41, 5.74) is 0. The second kappa shape index (κ2) is 10.3. The molecule has 1 aromatic rings. The predicted molar refractivity (Wildman–Crippen MR) is 113 cm³/mol. The van der Waals surface area contributed by atoms with Crippen molar-refractivity contribution in [3.63, 3.8) is 0 Å². The van der Waals surface area contributed by atoms with Crippen LogP contribution in [0.4, 0.5) is 0 Å². The molecule has 146 valence electrons. The number of aliphatic imine (C=N–C) groups is 1. The predicted octanol–water partition coefficient (Wildman–Crippen LogP) is 3.89. The number of likely N-dealkylation sites (tertiary alicyclic amines) is 1. The molecule has 0 aromatic carbocycles. The first-order chi connectivity index (χ1) is 12.7. The van der Waals surface area contributed by atoms with Crippen molar-refractivity contribution in [2.45, 2.75) is 70.4 Å². The molecule has 26 heavy (non-hydrogen) atoms. The minimum Gasteiger partial charge on any atom is -0.356 e. The summed E-state index contributed by atoms with van der Waals surface area (Å²) in [6.07, 6.45) is 10.8. The highest BCUT2D eigenvalue weighted by atomic mass is 32.1. The molecule has 1 aliphatic heterocycles. The lowest BCUT2D eigenvalue weighted by Crippen LogP contribution is -2.51. The third-order valence-electron chi connectivity index (χ3n) is 5.93. The third-order valence-corrected chi connectivity index (χ3v) is 6.83. The van der Waals surface area contributed by atoms with Crippen LogP contribution in [0.3, 0.4) is 0 Å². The van der Waals surface area contributed by atoms with Crippen LogP contribution in [0.25, 0.3) is 0 Å². The third kappa shape index (κ3) is 5.98. The van der Waals surface area contributed by atoms with Gasteiger partial charge in [-0.25, -0.2) is 0 Å². The lowest BCUT2D eigenvalue weighted by molar-refractivity contribution is 0.119. The number of hydrogen-bond acceptors (Lipinski definition) is 3. The standard InChI is InChI=1S/C21H36N4S/c1-17(15-20-9-6-14-26-20)16-23-21(22-2)24-18-10-12-25(13-11-18)19-7-4-3-5-8-19/h6,9,14,17-19H,3-5,7-8,10-13,15-16H2,1-2H3,(H2,22,23,24). The Hall–Kier alpha value is -1.07. The van der Waals surface area contributed by atoms with Crippen LogP contribution < -0.4 is 10.6 Å². The molecule has 3 rings (SSSR count). The van der Waals surface area contributed by atoms with Gasteiger partial charge in [0.15, 0.2) is 5.96 Å². The van der Waals surface area contributed by atoms with Gasteiger partial charge in [-0.15, -0.1) is 11.3 Å². The number of nitrogens with one attached hydrogen (secondary N) is 2. The van der Waals surface area contributed by atoms with Crippen molar-refractivity contribution >= 4 is 17.3 Å². The maximum absolute atomic E-state index is 4.44. The van der Waals surface area contributed by atoms with Gasteiger partial charge in [-0.2, -0.15) is 0 Å². The Bertz CT molecular complexity index is 528. The molecule has 2 heterocycles. The van der Waals surface area contributed by atoms with E-state index in [9.17, 15) is 0 Å². The van der Waals surface area contributed by atoms with E-state index < -0.39 is 0 Å². The van der Waals surface area contributed by atoms with Gasteiger partial charge in [0, 0.05) is 43.6 Å². The number of hydrogen-bond donors (Lipinski definition) is 2. The Morgan fingerprint density at radius 1 is 1.23 bits per heavy atom. The molecule has 0 bridgehead atoms. The van der Waals surface area contributed by atoms with Gasteiger partial charge in [-0.05, 0) is 49.5 Å². The molecule has 2 fully saturated rings. The lowest BCUT2D eigenvalue weighted by atomic mass is 9.92. The van der Waals surface area contributed by atoms with Gasteiger partial charge in [0.05, 0.1) is 0 Å². The molecular formula is C21H36N4S. The summed E-state index contributed by atoms with van der Waals surface area (Å²) >= 11 is 1.85. The van der Waals surface area contributed by atoms with Gasteiger partial charge in [-0.3, -0.25) is 4.99 Å². The van der Waals surface area contributed by atoms with Gasteiger partial charge >= 0.3 is 0 Å². The van der Waals surface area contributed by atoms with Gasteiger partial charge in [-0.1, -0.05) is 32.3 Å². The van der Waals surface area contributed by atoms with E-state index in [1.165, 1.54) is 62.9 Å². The maximum Gasteiger partial charge on any atom is 0.191 e. The summed E-state index contributed by atoms with van der Waals surface area (Å²) in [7, 11) is 1.89. The van der Waals surface area contributed by atoms with Crippen LogP contribution >= 0.6 is 11.3 Å². The van der Waals surface area contributed by atoms with E-state index in [-0.39, 0.29) is 0 Å². The van der Waals surface area contributed by atoms with Gasteiger partial charge < -0.3 is 15.5 Å². The van der Waals surface area contributed by atoms with Crippen LogP contribution in [0.2, 0.25) is 0 Å². The quantitative estimate of drug-likeness (QED) is 0.584. The number of rotatable bonds is 6. The smallest absolute Gasteiger partial charge is 0.191 e. The van der Waals surface area contributed by atoms with Crippen molar-refractivity contribution < 1.29 is 0 Å². The van der Waals surface area contributed by atoms with Crippen molar-refractivity contribution in [2.75, 3.05) is 26.7 Å². The van der Waals surface area contributed by atoms with Crippen molar-refractivity contribution in [3.05, 3.63) is 22.4 Å². The minimum absolute atomic E-state index is 0.564. The fourth-order valence-corrected chi connectivity index (χ4v) is 5.23. The SMILES string of the molecule is CN=C(NCC(C)Cc1cccs1)NC1CCN(C2CCCCC2)CC1. The fraction of sp³-hybridized carbons (Fsp3) is 0.762. The van der Waals surface area contributed by atoms with E-state index in [1.54, 1.807) is 0 Å². The Kier molecular flexibility index (Phi) is 7.81. The fourth-order valence-electron chi connectivity index (χ4n) is 4.36. The topological polar surface area (TPSA) is 39.7 Å². The number of thiophene rings is 1. The highest BCUT2D eigenvalue weighted by Crippen LogP contribution is 2.25. The molecule has 1 unspecified atom stereocenters.